The summed E-state index contributed by atoms with van der Waals surface area (Å²) >= 11 is 0. The van der Waals surface area contributed by atoms with Crippen LogP contribution in [0.25, 0.3) is 22.4 Å². The Bertz CT molecular complexity index is 1220. The minimum Gasteiger partial charge on any atom is -0.393 e. The van der Waals surface area contributed by atoms with Crippen LogP contribution < -0.4 is 10.6 Å². The van der Waals surface area contributed by atoms with Gasteiger partial charge in [0.15, 0.2) is 5.82 Å². The number of rotatable bonds is 6. The molecule has 4 rings (SSSR count). The number of anilines is 1. The SMILES string of the molecule is CC(Nc1cc(C(=O)N2CCC(O)CC2)nc(-c2c[nH]c3ncncc23)n1)C(=O)NCC(F)(F)F. The van der Waals surface area contributed by atoms with E-state index in [0.717, 1.165) is 0 Å². The second kappa shape index (κ2) is 9.82. The molecule has 3 aromatic heterocycles. The minimum absolute atomic E-state index is 0.0305. The molecule has 0 saturated carbocycles. The average Bonchev–Trinajstić information content (AvgIpc) is 3.26. The lowest BCUT2D eigenvalue weighted by Gasteiger charge is -2.29. The van der Waals surface area contributed by atoms with Gasteiger partial charge in [0.05, 0.1) is 6.10 Å². The summed E-state index contributed by atoms with van der Waals surface area (Å²) in [6.45, 7) is 0.603. The smallest absolute Gasteiger partial charge is 0.393 e. The van der Waals surface area contributed by atoms with E-state index >= 15 is 0 Å². The first-order valence-corrected chi connectivity index (χ1v) is 10.9. The predicted octanol–water partition coefficient (Wildman–Crippen LogP) is 1.49. The lowest BCUT2D eigenvalue weighted by molar-refractivity contribution is -0.138. The fraction of sp³-hybridized carbons (Fsp3) is 0.429. The molecule has 14 heteroatoms. The van der Waals surface area contributed by atoms with Crippen LogP contribution in [-0.2, 0) is 4.79 Å². The van der Waals surface area contributed by atoms with Crippen LogP contribution in [0.4, 0.5) is 19.0 Å². The summed E-state index contributed by atoms with van der Waals surface area (Å²) in [4.78, 5) is 46.7. The molecule has 186 valence electrons. The second-order valence-electron chi connectivity index (χ2n) is 8.17. The number of aliphatic hydroxyl groups is 1. The molecular formula is C21H23F3N8O3. The minimum atomic E-state index is -4.55. The third kappa shape index (κ3) is 5.82. The van der Waals surface area contributed by atoms with Crippen molar-refractivity contribution in [2.45, 2.75) is 38.1 Å². The van der Waals surface area contributed by atoms with Crippen molar-refractivity contribution in [1.29, 1.82) is 0 Å². The summed E-state index contributed by atoms with van der Waals surface area (Å²) in [6, 6.07) is 0.259. The van der Waals surface area contributed by atoms with E-state index in [9.17, 15) is 27.9 Å². The molecule has 35 heavy (non-hydrogen) atoms. The average molecular weight is 492 g/mol. The second-order valence-corrected chi connectivity index (χ2v) is 8.17. The number of fused-ring (bicyclic) bond motifs is 1. The number of piperidine rings is 1. The first kappa shape index (κ1) is 24.3. The van der Waals surface area contributed by atoms with Crippen LogP contribution in [0.5, 0.6) is 0 Å². The van der Waals surface area contributed by atoms with E-state index in [1.165, 1.54) is 19.3 Å². The summed E-state index contributed by atoms with van der Waals surface area (Å²) in [5.41, 5.74) is 1.05. The van der Waals surface area contributed by atoms with Crippen molar-refractivity contribution in [2.24, 2.45) is 0 Å². The van der Waals surface area contributed by atoms with E-state index in [-0.39, 0.29) is 17.3 Å². The van der Waals surface area contributed by atoms with Gasteiger partial charge in [0, 0.05) is 42.5 Å². The number of carbonyl (C=O) groups is 2. The highest BCUT2D eigenvalue weighted by Gasteiger charge is 2.29. The number of likely N-dealkylation sites (tertiary alicyclic amines) is 1. The fourth-order valence-electron chi connectivity index (χ4n) is 3.65. The molecule has 1 fully saturated rings. The molecule has 2 amide bonds. The maximum absolute atomic E-state index is 13.2. The van der Waals surface area contributed by atoms with Crippen molar-refractivity contribution in [3.8, 4) is 11.4 Å². The lowest BCUT2D eigenvalue weighted by atomic mass is 10.1. The topological polar surface area (TPSA) is 149 Å². The molecule has 1 aliphatic heterocycles. The number of H-pyrrole nitrogens is 1. The normalized spacial score (nSPS) is 15.7. The largest absolute Gasteiger partial charge is 0.405 e. The Labute approximate surface area is 197 Å². The van der Waals surface area contributed by atoms with Crippen LogP contribution in [-0.4, -0.2) is 84.7 Å². The number of nitrogens with zero attached hydrogens (tertiary/aromatic N) is 5. The monoisotopic (exact) mass is 492 g/mol. The molecule has 1 aliphatic rings. The fourth-order valence-corrected chi connectivity index (χ4v) is 3.65. The molecule has 11 nitrogen and oxygen atoms in total. The van der Waals surface area contributed by atoms with E-state index in [2.05, 4.69) is 30.2 Å². The molecule has 0 radical (unpaired) electrons. The van der Waals surface area contributed by atoms with Gasteiger partial charge in [-0.25, -0.2) is 19.9 Å². The van der Waals surface area contributed by atoms with Crippen LogP contribution in [0.1, 0.15) is 30.3 Å². The van der Waals surface area contributed by atoms with Gasteiger partial charge in [-0.15, -0.1) is 0 Å². The molecule has 0 aliphatic carbocycles. The van der Waals surface area contributed by atoms with Gasteiger partial charge in [-0.2, -0.15) is 13.2 Å². The van der Waals surface area contributed by atoms with E-state index < -0.39 is 36.7 Å². The summed E-state index contributed by atoms with van der Waals surface area (Å²) in [6.07, 6.45) is 0.371. The summed E-state index contributed by atoms with van der Waals surface area (Å²) in [7, 11) is 0. The predicted molar refractivity (Wildman–Crippen MR) is 118 cm³/mol. The van der Waals surface area contributed by atoms with E-state index in [1.807, 2.05) is 5.32 Å². The van der Waals surface area contributed by atoms with Gasteiger partial charge in [-0.3, -0.25) is 9.59 Å². The molecule has 4 N–H and O–H groups in total. The first-order chi connectivity index (χ1) is 16.6. The van der Waals surface area contributed by atoms with Crippen molar-refractivity contribution in [3.05, 3.63) is 30.5 Å². The zero-order chi connectivity index (χ0) is 25.2. The quantitative estimate of drug-likeness (QED) is 0.404. The van der Waals surface area contributed by atoms with Gasteiger partial charge >= 0.3 is 6.18 Å². The highest BCUT2D eigenvalue weighted by molar-refractivity contribution is 5.95. The number of aromatic amines is 1. The number of nitrogens with one attached hydrogen (secondary N) is 3. The molecule has 1 unspecified atom stereocenters. The Hall–Kier alpha value is -3.81. The van der Waals surface area contributed by atoms with Crippen LogP contribution >= 0.6 is 0 Å². The Kier molecular flexibility index (Phi) is 6.82. The van der Waals surface area contributed by atoms with E-state index in [4.69, 9.17) is 0 Å². The number of hydrogen-bond acceptors (Lipinski definition) is 8. The van der Waals surface area contributed by atoms with Crippen molar-refractivity contribution in [3.63, 3.8) is 0 Å². The van der Waals surface area contributed by atoms with Crippen LogP contribution in [0.2, 0.25) is 0 Å². The van der Waals surface area contributed by atoms with Crippen LogP contribution in [0, 0.1) is 0 Å². The van der Waals surface area contributed by atoms with Crippen LogP contribution in [0.15, 0.2) is 24.8 Å². The zero-order valence-electron chi connectivity index (χ0n) is 18.6. The molecule has 0 spiro atoms. The van der Waals surface area contributed by atoms with Gasteiger partial charge in [-0.05, 0) is 19.8 Å². The van der Waals surface area contributed by atoms with Gasteiger partial charge in [0.25, 0.3) is 5.91 Å². The third-order valence-corrected chi connectivity index (χ3v) is 5.51. The molecule has 3 aromatic rings. The summed E-state index contributed by atoms with van der Waals surface area (Å²) in [5.74, 6) is -1.06. The summed E-state index contributed by atoms with van der Waals surface area (Å²) < 4.78 is 37.4. The summed E-state index contributed by atoms with van der Waals surface area (Å²) in [5, 5.41) is 14.9. The maximum Gasteiger partial charge on any atom is 0.405 e. The van der Waals surface area contributed by atoms with Gasteiger partial charge < -0.3 is 25.6 Å². The number of aliphatic hydroxyl groups excluding tert-OH is 1. The number of halogens is 3. The molecule has 0 aromatic carbocycles. The van der Waals surface area contributed by atoms with Crippen molar-refractivity contribution >= 4 is 28.7 Å². The number of hydrogen-bond donors (Lipinski definition) is 4. The Morgan fingerprint density at radius 1 is 1.29 bits per heavy atom. The highest BCUT2D eigenvalue weighted by atomic mass is 19.4. The Balaban J connectivity index is 1.65. The number of amides is 2. The number of carbonyl (C=O) groups excluding carboxylic acids is 2. The third-order valence-electron chi connectivity index (χ3n) is 5.51. The van der Waals surface area contributed by atoms with E-state index in [1.54, 1.807) is 17.3 Å². The first-order valence-electron chi connectivity index (χ1n) is 10.9. The van der Waals surface area contributed by atoms with E-state index in [0.29, 0.717) is 42.5 Å². The molecule has 4 heterocycles. The van der Waals surface area contributed by atoms with Crippen LogP contribution in [0.3, 0.4) is 0 Å². The molecule has 0 bridgehead atoms. The number of aromatic nitrogens is 5. The number of alkyl halides is 3. The highest BCUT2D eigenvalue weighted by Crippen LogP contribution is 2.26. The van der Waals surface area contributed by atoms with Gasteiger partial charge in [0.1, 0.15) is 36.1 Å². The Morgan fingerprint density at radius 3 is 2.74 bits per heavy atom. The molecule has 1 saturated heterocycles. The lowest BCUT2D eigenvalue weighted by Crippen LogP contribution is -2.42. The molecule has 1 atom stereocenters. The van der Waals surface area contributed by atoms with Crippen molar-refractivity contribution < 1.29 is 27.9 Å². The van der Waals surface area contributed by atoms with Crippen molar-refractivity contribution in [2.75, 3.05) is 25.0 Å². The maximum atomic E-state index is 13.2. The standard InChI is InChI=1S/C21H23F3N8O3/c1-11(19(34)27-9-21(22,23)24)29-16-6-15(20(35)32-4-2-12(33)3-5-32)30-18(31-16)14-8-26-17-13(14)7-25-10-28-17/h6-8,10-12,33H,2-5,9H2,1H3,(H,27,34)(H,25,26,28)(H,29,30,31). The Morgan fingerprint density at radius 2 is 2.03 bits per heavy atom. The zero-order valence-corrected chi connectivity index (χ0v) is 18.6. The van der Waals surface area contributed by atoms with Crippen molar-refractivity contribution in [1.82, 2.24) is 35.1 Å². The molecular weight excluding hydrogens is 469 g/mol. The van der Waals surface area contributed by atoms with Gasteiger partial charge in [-0.1, -0.05) is 0 Å². The van der Waals surface area contributed by atoms with Gasteiger partial charge in [0.2, 0.25) is 5.91 Å².